The third kappa shape index (κ3) is 3.08. The van der Waals surface area contributed by atoms with E-state index in [4.69, 9.17) is 11.6 Å². The topological polar surface area (TPSA) is 42.7 Å². The Morgan fingerprint density at radius 3 is 2.21 bits per heavy atom. The summed E-state index contributed by atoms with van der Waals surface area (Å²) in [5.74, 6) is 0.726. The Bertz CT molecular complexity index is 1130. The van der Waals surface area contributed by atoms with E-state index in [-0.39, 0.29) is 6.04 Å². The summed E-state index contributed by atoms with van der Waals surface area (Å²) in [6.45, 7) is 0. The molecule has 5 rings (SSSR count). The fraction of sp³-hybridized carbons (Fsp3) is 0.0435. The van der Waals surface area contributed by atoms with Gasteiger partial charge in [0, 0.05) is 10.7 Å². The van der Waals surface area contributed by atoms with Crippen LogP contribution in [0, 0.1) is 0 Å². The van der Waals surface area contributed by atoms with Crippen molar-refractivity contribution in [2.24, 2.45) is 0 Å². The molecule has 0 fully saturated rings. The highest BCUT2D eigenvalue weighted by Crippen LogP contribution is 2.33. The summed E-state index contributed by atoms with van der Waals surface area (Å²) in [4.78, 5) is 4.36. The third-order valence-corrected chi connectivity index (χ3v) is 5.17. The average Bonchev–Trinajstić information content (AvgIpc) is 3.23. The molecular weight excluding hydrogens is 368 g/mol. The normalized spacial score (nSPS) is 15.5. The number of allylic oxidation sites excluding steroid dienone is 1. The van der Waals surface area contributed by atoms with Gasteiger partial charge in [0.15, 0.2) is 0 Å². The Kier molecular flexibility index (Phi) is 4.18. The van der Waals surface area contributed by atoms with Crippen molar-refractivity contribution in [3.63, 3.8) is 0 Å². The molecule has 136 valence electrons. The second-order valence-electron chi connectivity index (χ2n) is 6.67. The van der Waals surface area contributed by atoms with Gasteiger partial charge in [-0.1, -0.05) is 78.3 Å². The number of hydrogen-bond acceptors (Lipinski definition) is 3. The SMILES string of the molecule is Clc1ccc([C@H]2C=C(c3ccc(-c4ccccc4)cc3)Nc3ncnn32)cc1. The number of anilines is 1. The Morgan fingerprint density at radius 1 is 0.786 bits per heavy atom. The van der Waals surface area contributed by atoms with Crippen LogP contribution in [0.1, 0.15) is 17.2 Å². The molecule has 1 aliphatic rings. The maximum Gasteiger partial charge on any atom is 0.226 e. The molecule has 28 heavy (non-hydrogen) atoms. The average molecular weight is 385 g/mol. The molecule has 4 nitrogen and oxygen atoms in total. The molecule has 0 spiro atoms. The summed E-state index contributed by atoms with van der Waals surface area (Å²) in [5.41, 5.74) is 5.63. The largest absolute Gasteiger partial charge is 0.324 e. The molecule has 1 N–H and O–H groups in total. The van der Waals surface area contributed by atoms with Crippen molar-refractivity contribution in [2.45, 2.75) is 6.04 Å². The number of rotatable bonds is 3. The Balaban J connectivity index is 1.52. The van der Waals surface area contributed by atoms with E-state index in [1.807, 2.05) is 35.0 Å². The summed E-state index contributed by atoms with van der Waals surface area (Å²) in [6, 6.07) is 26.7. The van der Waals surface area contributed by atoms with Crippen LogP contribution in [0.25, 0.3) is 16.8 Å². The van der Waals surface area contributed by atoms with E-state index in [1.165, 1.54) is 11.1 Å². The fourth-order valence-electron chi connectivity index (χ4n) is 3.47. The van der Waals surface area contributed by atoms with Crippen LogP contribution in [-0.2, 0) is 0 Å². The van der Waals surface area contributed by atoms with Crippen LogP contribution in [0.4, 0.5) is 5.95 Å². The molecule has 1 aliphatic heterocycles. The summed E-state index contributed by atoms with van der Waals surface area (Å²) in [7, 11) is 0. The van der Waals surface area contributed by atoms with Crippen molar-refractivity contribution in [3.8, 4) is 11.1 Å². The van der Waals surface area contributed by atoms with Gasteiger partial charge >= 0.3 is 0 Å². The van der Waals surface area contributed by atoms with Gasteiger partial charge in [-0.3, -0.25) is 0 Å². The highest BCUT2D eigenvalue weighted by atomic mass is 35.5. The predicted molar refractivity (Wildman–Crippen MR) is 113 cm³/mol. The number of hydrogen-bond donors (Lipinski definition) is 1. The van der Waals surface area contributed by atoms with Gasteiger partial charge in [-0.2, -0.15) is 10.1 Å². The maximum atomic E-state index is 6.06. The van der Waals surface area contributed by atoms with Crippen LogP contribution in [0.2, 0.25) is 5.02 Å². The van der Waals surface area contributed by atoms with E-state index in [9.17, 15) is 0 Å². The predicted octanol–water partition coefficient (Wildman–Crippen LogP) is 5.65. The number of nitrogens with one attached hydrogen (secondary N) is 1. The minimum atomic E-state index is -0.0418. The first-order chi connectivity index (χ1) is 13.8. The fourth-order valence-corrected chi connectivity index (χ4v) is 3.60. The minimum absolute atomic E-state index is 0.0418. The zero-order valence-corrected chi connectivity index (χ0v) is 15.7. The molecule has 0 bridgehead atoms. The van der Waals surface area contributed by atoms with Crippen LogP contribution in [0.3, 0.4) is 0 Å². The molecule has 0 unspecified atom stereocenters. The van der Waals surface area contributed by atoms with Crippen LogP contribution in [-0.4, -0.2) is 14.8 Å². The van der Waals surface area contributed by atoms with Gasteiger partial charge in [-0.15, -0.1) is 0 Å². The monoisotopic (exact) mass is 384 g/mol. The smallest absolute Gasteiger partial charge is 0.226 e. The minimum Gasteiger partial charge on any atom is -0.324 e. The first-order valence-electron chi connectivity index (χ1n) is 9.07. The van der Waals surface area contributed by atoms with E-state index in [0.717, 1.165) is 27.8 Å². The molecule has 3 aromatic carbocycles. The van der Waals surface area contributed by atoms with Gasteiger partial charge in [-0.05, 0) is 40.5 Å². The number of benzene rings is 3. The van der Waals surface area contributed by atoms with Crippen LogP contribution < -0.4 is 5.32 Å². The number of fused-ring (bicyclic) bond motifs is 1. The number of halogens is 1. The van der Waals surface area contributed by atoms with E-state index in [1.54, 1.807) is 6.33 Å². The third-order valence-electron chi connectivity index (χ3n) is 4.92. The molecule has 0 aliphatic carbocycles. The molecule has 0 amide bonds. The molecule has 5 heteroatoms. The van der Waals surface area contributed by atoms with Gasteiger partial charge in [-0.25, -0.2) is 4.68 Å². The zero-order chi connectivity index (χ0) is 18.9. The van der Waals surface area contributed by atoms with Gasteiger partial charge < -0.3 is 5.32 Å². The van der Waals surface area contributed by atoms with Gasteiger partial charge in [0.05, 0.1) is 0 Å². The van der Waals surface area contributed by atoms with Crippen molar-refractivity contribution in [2.75, 3.05) is 5.32 Å². The summed E-state index contributed by atoms with van der Waals surface area (Å²) in [5, 5.41) is 8.49. The Labute approximate surface area is 168 Å². The van der Waals surface area contributed by atoms with Gasteiger partial charge in [0.25, 0.3) is 0 Å². The quantitative estimate of drug-likeness (QED) is 0.496. The van der Waals surface area contributed by atoms with Gasteiger partial charge in [0.1, 0.15) is 12.4 Å². The molecule has 4 aromatic rings. The lowest BCUT2D eigenvalue weighted by Gasteiger charge is -2.24. The molecule has 2 heterocycles. The first kappa shape index (κ1) is 16.8. The molecule has 0 saturated heterocycles. The van der Waals surface area contributed by atoms with Crippen molar-refractivity contribution in [1.29, 1.82) is 0 Å². The lowest BCUT2D eigenvalue weighted by Crippen LogP contribution is -2.20. The molecular formula is C23H17ClN4. The maximum absolute atomic E-state index is 6.06. The summed E-state index contributed by atoms with van der Waals surface area (Å²) < 4.78 is 1.88. The van der Waals surface area contributed by atoms with Crippen LogP contribution in [0.5, 0.6) is 0 Å². The summed E-state index contributed by atoms with van der Waals surface area (Å²) >= 11 is 6.06. The Morgan fingerprint density at radius 2 is 1.46 bits per heavy atom. The highest BCUT2D eigenvalue weighted by molar-refractivity contribution is 6.30. The van der Waals surface area contributed by atoms with Crippen LogP contribution in [0.15, 0.2) is 91.3 Å². The van der Waals surface area contributed by atoms with E-state index in [2.05, 4.69) is 70.0 Å². The first-order valence-corrected chi connectivity index (χ1v) is 9.45. The number of aromatic nitrogens is 3. The lowest BCUT2D eigenvalue weighted by molar-refractivity contribution is 0.612. The molecule has 1 atom stereocenters. The number of nitrogens with zero attached hydrogens (tertiary/aromatic N) is 3. The second kappa shape index (κ2) is 6.98. The molecule has 1 aromatic heterocycles. The van der Waals surface area contributed by atoms with E-state index < -0.39 is 0 Å². The Hall–Kier alpha value is -3.37. The van der Waals surface area contributed by atoms with Crippen molar-refractivity contribution < 1.29 is 0 Å². The summed E-state index contributed by atoms with van der Waals surface area (Å²) in [6.07, 6.45) is 3.74. The zero-order valence-electron chi connectivity index (χ0n) is 15.0. The molecule has 0 saturated carbocycles. The van der Waals surface area contributed by atoms with Crippen molar-refractivity contribution in [3.05, 3.63) is 107 Å². The second-order valence-corrected chi connectivity index (χ2v) is 7.11. The highest BCUT2D eigenvalue weighted by Gasteiger charge is 2.23. The van der Waals surface area contributed by atoms with Crippen molar-refractivity contribution >= 4 is 23.2 Å². The lowest BCUT2D eigenvalue weighted by atomic mass is 9.99. The standard InChI is InChI=1S/C23H17ClN4/c24-20-12-10-19(11-13-20)22-14-21(27-23-25-15-26-28(22)23)18-8-6-17(7-9-18)16-4-2-1-3-5-16/h1-15,22H,(H,25,26,27)/t22-/m1/s1. The van der Waals surface area contributed by atoms with Gasteiger partial charge in [0.2, 0.25) is 5.95 Å². The van der Waals surface area contributed by atoms with E-state index >= 15 is 0 Å². The van der Waals surface area contributed by atoms with Crippen molar-refractivity contribution in [1.82, 2.24) is 14.8 Å². The molecule has 0 radical (unpaired) electrons. The van der Waals surface area contributed by atoms with Crippen LogP contribution >= 0.6 is 11.6 Å². The van der Waals surface area contributed by atoms with E-state index in [0.29, 0.717) is 0 Å².